The first-order valence-electron chi connectivity index (χ1n) is 7.69. The normalized spacial score (nSPS) is 15.8. The standard InChI is InChI=1S/C19H17BrN2O2/c1-3-24-18-10-9-15(20)11-14(18)12-17-13(2)21-22(19(17)23)16-7-5-4-6-8-16/h4-12H,3H2,1-2H3/b17-12-. The fraction of sp³-hybridized carbons (Fsp3) is 0.158. The maximum atomic E-state index is 12.8. The lowest BCUT2D eigenvalue weighted by atomic mass is 10.1. The number of benzene rings is 2. The number of para-hydroxylation sites is 1. The zero-order chi connectivity index (χ0) is 17.1. The second-order valence-electron chi connectivity index (χ2n) is 5.31. The van der Waals surface area contributed by atoms with E-state index in [1.165, 1.54) is 5.01 Å². The van der Waals surface area contributed by atoms with Crippen LogP contribution >= 0.6 is 15.9 Å². The van der Waals surface area contributed by atoms with Crippen molar-refractivity contribution < 1.29 is 9.53 Å². The summed E-state index contributed by atoms with van der Waals surface area (Å²) in [5, 5.41) is 5.83. The number of carbonyl (C=O) groups is 1. The summed E-state index contributed by atoms with van der Waals surface area (Å²) in [6.45, 7) is 4.34. The van der Waals surface area contributed by atoms with E-state index in [2.05, 4.69) is 21.0 Å². The molecule has 4 nitrogen and oxygen atoms in total. The smallest absolute Gasteiger partial charge is 0.280 e. The van der Waals surface area contributed by atoms with Gasteiger partial charge >= 0.3 is 0 Å². The molecule has 0 unspecified atom stereocenters. The summed E-state index contributed by atoms with van der Waals surface area (Å²) in [6, 6.07) is 15.1. The molecule has 0 saturated heterocycles. The second kappa shape index (κ2) is 7.01. The van der Waals surface area contributed by atoms with Crippen LogP contribution in [0.15, 0.2) is 63.7 Å². The van der Waals surface area contributed by atoms with E-state index in [0.29, 0.717) is 17.9 Å². The Morgan fingerprint density at radius 2 is 1.96 bits per heavy atom. The predicted molar refractivity (Wildman–Crippen MR) is 100 cm³/mol. The molecule has 2 aromatic rings. The van der Waals surface area contributed by atoms with Crippen LogP contribution in [-0.2, 0) is 4.79 Å². The topological polar surface area (TPSA) is 41.9 Å². The molecule has 0 fully saturated rings. The highest BCUT2D eigenvalue weighted by molar-refractivity contribution is 9.10. The molecule has 1 amide bonds. The summed E-state index contributed by atoms with van der Waals surface area (Å²) in [7, 11) is 0. The van der Waals surface area contributed by atoms with Gasteiger partial charge in [0.1, 0.15) is 5.75 Å². The second-order valence-corrected chi connectivity index (χ2v) is 6.23. The fourth-order valence-electron chi connectivity index (χ4n) is 2.50. The molecular weight excluding hydrogens is 368 g/mol. The minimum absolute atomic E-state index is 0.138. The number of nitrogens with zero attached hydrogens (tertiary/aromatic N) is 2. The largest absolute Gasteiger partial charge is 0.493 e. The molecule has 0 aliphatic carbocycles. The van der Waals surface area contributed by atoms with Crippen LogP contribution in [0.2, 0.25) is 0 Å². The summed E-state index contributed by atoms with van der Waals surface area (Å²) in [6.07, 6.45) is 1.83. The summed E-state index contributed by atoms with van der Waals surface area (Å²) < 4.78 is 6.58. The van der Waals surface area contributed by atoms with Crippen LogP contribution in [0.5, 0.6) is 5.75 Å². The highest BCUT2D eigenvalue weighted by atomic mass is 79.9. The van der Waals surface area contributed by atoms with E-state index < -0.39 is 0 Å². The van der Waals surface area contributed by atoms with Crippen molar-refractivity contribution in [2.24, 2.45) is 5.10 Å². The van der Waals surface area contributed by atoms with Gasteiger partial charge in [0.25, 0.3) is 5.91 Å². The van der Waals surface area contributed by atoms with Gasteiger partial charge in [-0.1, -0.05) is 34.1 Å². The van der Waals surface area contributed by atoms with Gasteiger partial charge in [-0.15, -0.1) is 0 Å². The lowest BCUT2D eigenvalue weighted by molar-refractivity contribution is -0.114. The highest BCUT2D eigenvalue weighted by Gasteiger charge is 2.28. The Morgan fingerprint density at radius 3 is 2.67 bits per heavy atom. The molecule has 122 valence electrons. The molecule has 0 aromatic heterocycles. The SMILES string of the molecule is CCOc1ccc(Br)cc1/C=C1\C(=O)N(c2ccccc2)N=C1C. The van der Waals surface area contributed by atoms with Gasteiger partial charge in [-0.3, -0.25) is 4.79 Å². The van der Waals surface area contributed by atoms with Gasteiger partial charge in [0.2, 0.25) is 0 Å². The minimum atomic E-state index is -0.138. The van der Waals surface area contributed by atoms with Crippen LogP contribution in [0.3, 0.4) is 0 Å². The molecule has 1 heterocycles. The monoisotopic (exact) mass is 384 g/mol. The number of rotatable bonds is 4. The van der Waals surface area contributed by atoms with Crippen molar-refractivity contribution in [2.75, 3.05) is 11.6 Å². The Labute approximate surface area is 149 Å². The first-order chi connectivity index (χ1) is 11.6. The third-order valence-electron chi connectivity index (χ3n) is 3.63. The van der Waals surface area contributed by atoms with Gasteiger partial charge < -0.3 is 4.74 Å². The summed E-state index contributed by atoms with van der Waals surface area (Å²) >= 11 is 3.47. The average molecular weight is 385 g/mol. The zero-order valence-corrected chi connectivity index (χ0v) is 15.1. The average Bonchev–Trinajstić information content (AvgIpc) is 2.86. The van der Waals surface area contributed by atoms with Crippen molar-refractivity contribution in [3.05, 3.63) is 64.1 Å². The number of hydrazone groups is 1. The molecule has 0 saturated carbocycles. The van der Waals surface area contributed by atoms with Gasteiger partial charge in [-0.25, -0.2) is 0 Å². The van der Waals surface area contributed by atoms with Crippen molar-refractivity contribution in [1.29, 1.82) is 0 Å². The predicted octanol–water partition coefficient (Wildman–Crippen LogP) is 4.65. The van der Waals surface area contributed by atoms with Crippen molar-refractivity contribution >= 4 is 39.3 Å². The molecule has 2 aromatic carbocycles. The van der Waals surface area contributed by atoms with E-state index in [-0.39, 0.29) is 5.91 Å². The summed E-state index contributed by atoms with van der Waals surface area (Å²) in [5.74, 6) is 0.605. The Balaban J connectivity index is 1.99. The third kappa shape index (κ3) is 3.26. The van der Waals surface area contributed by atoms with E-state index >= 15 is 0 Å². The molecule has 5 heteroatoms. The van der Waals surface area contributed by atoms with Crippen LogP contribution in [0.25, 0.3) is 6.08 Å². The number of amides is 1. The van der Waals surface area contributed by atoms with Crippen LogP contribution in [0, 0.1) is 0 Å². The van der Waals surface area contributed by atoms with Gasteiger partial charge in [0.05, 0.1) is 23.6 Å². The van der Waals surface area contributed by atoms with Gasteiger partial charge in [0, 0.05) is 10.0 Å². The molecular formula is C19H17BrN2O2. The number of anilines is 1. The zero-order valence-electron chi connectivity index (χ0n) is 13.5. The van der Waals surface area contributed by atoms with Crippen LogP contribution in [0.4, 0.5) is 5.69 Å². The quantitative estimate of drug-likeness (QED) is 0.719. The Bertz CT molecular complexity index is 829. The van der Waals surface area contributed by atoms with Crippen LogP contribution in [-0.4, -0.2) is 18.2 Å². The molecule has 1 aliphatic heterocycles. The van der Waals surface area contributed by atoms with Crippen molar-refractivity contribution in [2.45, 2.75) is 13.8 Å². The lowest BCUT2D eigenvalue weighted by Crippen LogP contribution is -2.21. The van der Waals surface area contributed by atoms with E-state index in [4.69, 9.17) is 4.74 Å². The Morgan fingerprint density at radius 1 is 1.21 bits per heavy atom. The molecule has 0 atom stereocenters. The number of carbonyl (C=O) groups excluding carboxylic acids is 1. The van der Waals surface area contributed by atoms with E-state index in [9.17, 15) is 4.79 Å². The van der Waals surface area contributed by atoms with Gasteiger partial charge in [0.15, 0.2) is 0 Å². The number of hydrogen-bond donors (Lipinski definition) is 0. The minimum Gasteiger partial charge on any atom is -0.493 e. The number of halogens is 1. The summed E-state index contributed by atoms with van der Waals surface area (Å²) in [4.78, 5) is 12.8. The first-order valence-corrected chi connectivity index (χ1v) is 8.48. The van der Waals surface area contributed by atoms with Gasteiger partial charge in [-0.05, 0) is 50.3 Å². The number of ether oxygens (including phenoxy) is 1. The maximum absolute atomic E-state index is 12.8. The van der Waals surface area contributed by atoms with E-state index in [1.807, 2.05) is 68.5 Å². The van der Waals surface area contributed by atoms with Crippen molar-refractivity contribution in [1.82, 2.24) is 0 Å². The molecule has 0 bridgehead atoms. The molecule has 0 radical (unpaired) electrons. The molecule has 0 spiro atoms. The third-order valence-corrected chi connectivity index (χ3v) is 4.13. The van der Waals surface area contributed by atoms with Gasteiger partial charge in [-0.2, -0.15) is 10.1 Å². The highest BCUT2D eigenvalue weighted by Crippen LogP contribution is 2.29. The molecule has 0 N–H and O–H groups in total. The van der Waals surface area contributed by atoms with Crippen molar-refractivity contribution in [3.8, 4) is 5.75 Å². The Kier molecular flexibility index (Phi) is 4.81. The first kappa shape index (κ1) is 16.5. The molecule has 24 heavy (non-hydrogen) atoms. The van der Waals surface area contributed by atoms with Crippen LogP contribution in [0.1, 0.15) is 19.4 Å². The molecule has 3 rings (SSSR count). The van der Waals surface area contributed by atoms with Crippen LogP contribution < -0.4 is 9.75 Å². The molecule has 1 aliphatic rings. The van der Waals surface area contributed by atoms with E-state index in [1.54, 1.807) is 0 Å². The fourth-order valence-corrected chi connectivity index (χ4v) is 2.88. The number of hydrogen-bond acceptors (Lipinski definition) is 3. The maximum Gasteiger partial charge on any atom is 0.280 e. The lowest BCUT2D eigenvalue weighted by Gasteiger charge is -2.11. The summed E-state index contributed by atoms with van der Waals surface area (Å²) in [5.41, 5.74) is 2.85. The van der Waals surface area contributed by atoms with E-state index in [0.717, 1.165) is 21.5 Å². The van der Waals surface area contributed by atoms with Crippen molar-refractivity contribution in [3.63, 3.8) is 0 Å². The Hall–Kier alpha value is -2.40.